The van der Waals surface area contributed by atoms with Crippen LogP contribution in [0.1, 0.15) is 33.1 Å². The van der Waals surface area contributed by atoms with Gasteiger partial charge in [0.25, 0.3) is 0 Å². The highest BCUT2D eigenvalue weighted by molar-refractivity contribution is 5.76. The highest BCUT2D eigenvalue weighted by Crippen LogP contribution is 2.38. The van der Waals surface area contributed by atoms with Crippen molar-refractivity contribution < 1.29 is 4.92 Å². The molecule has 1 fully saturated rings. The Morgan fingerprint density at radius 1 is 1.30 bits per heavy atom. The molecule has 0 unspecified atom stereocenters. The third-order valence-corrected chi connectivity index (χ3v) is 4.15. The van der Waals surface area contributed by atoms with Gasteiger partial charge in [-0.1, -0.05) is 19.9 Å². The highest BCUT2D eigenvalue weighted by atomic mass is 16.6. The molecule has 1 aliphatic heterocycles. The lowest BCUT2D eigenvalue weighted by atomic mass is 9.85. The number of hydrogen-bond acceptors (Lipinski definition) is 4. The Kier molecular flexibility index (Phi) is 4.16. The normalized spacial score (nSPS) is 18.4. The highest BCUT2D eigenvalue weighted by Gasteiger charge is 2.28. The fourth-order valence-corrected chi connectivity index (χ4v) is 2.84. The number of nitrogens with zero attached hydrogens (tertiary/aromatic N) is 2. The van der Waals surface area contributed by atoms with Crippen molar-refractivity contribution in [3.63, 3.8) is 0 Å². The molecule has 1 saturated heterocycles. The first kappa shape index (κ1) is 14.6. The molecule has 0 aromatic heterocycles. The van der Waals surface area contributed by atoms with E-state index >= 15 is 0 Å². The van der Waals surface area contributed by atoms with E-state index in [2.05, 4.69) is 24.1 Å². The molecule has 1 heterocycles. The molecule has 5 heteroatoms. The van der Waals surface area contributed by atoms with Crippen molar-refractivity contribution in [2.24, 2.45) is 5.41 Å². The van der Waals surface area contributed by atoms with E-state index in [1.807, 2.05) is 12.1 Å². The summed E-state index contributed by atoms with van der Waals surface area (Å²) in [6.45, 7) is 6.31. The Morgan fingerprint density at radius 3 is 2.70 bits per heavy atom. The van der Waals surface area contributed by atoms with Gasteiger partial charge in [-0.15, -0.1) is 0 Å². The van der Waals surface area contributed by atoms with E-state index in [0.717, 1.165) is 31.6 Å². The van der Waals surface area contributed by atoms with Crippen molar-refractivity contribution in [3.8, 4) is 0 Å². The van der Waals surface area contributed by atoms with Crippen LogP contribution in [0.2, 0.25) is 0 Å². The van der Waals surface area contributed by atoms with Gasteiger partial charge < -0.3 is 10.2 Å². The summed E-state index contributed by atoms with van der Waals surface area (Å²) >= 11 is 0. The summed E-state index contributed by atoms with van der Waals surface area (Å²) in [5.74, 6) is 0. The third-order valence-electron chi connectivity index (χ3n) is 4.15. The smallest absolute Gasteiger partial charge is 0.315 e. The largest absolute Gasteiger partial charge is 0.382 e. The van der Waals surface area contributed by atoms with Gasteiger partial charge in [0.1, 0.15) is 11.4 Å². The molecule has 1 aromatic rings. The second-order valence-corrected chi connectivity index (χ2v) is 6.19. The Morgan fingerprint density at radius 2 is 2.05 bits per heavy atom. The zero-order valence-electron chi connectivity index (χ0n) is 12.5. The van der Waals surface area contributed by atoms with E-state index in [1.165, 1.54) is 6.42 Å². The third kappa shape index (κ3) is 3.03. The first-order valence-electron chi connectivity index (χ1n) is 7.15. The average Bonchev–Trinajstić information content (AvgIpc) is 2.58. The standard InChI is InChI=1S/C15H23N3O2/c1-15(2)8-5-10-17(11-9-15)13-7-4-6-12(16-3)14(13)18(19)20/h4,6-7,16H,5,8-11H2,1-3H3. The van der Waals surface area contributed by atoms with Gasteiger partial charge in [0, 0.05) is 20.1 Å². The van der Waals surface area contributed by atoms with E-state index in [4.69, 9.17) is 0 Å². The number of hydrogen-bond donors (Lipinski definition) is 1. The zero-order chi connectivity index (χ0) is 14.8. The molecule has 1 aromatic carbocycles. The van der Waals surface area contributed by atoms with Crippen molar-refractivity contribution in [2.45, 2.75) is 33.1 Å². The van der Waals surface area contributed by atoms with Crippen molar-refractivity contribution >= 4 is 17.1 Å². The molecule has 1 aliphatic rings. The second-order valence-electron chi connectivity index (χ2n) is 6.19. The van der Waals surface area contributed by atoms with Crippen molar-refractivity contribution in [1.29, 1.82) is 0 Å². The zero-order valence-corrected chi connectivity index (χ0v) is 12.5. The second kappa shape index (κ2) is 5.69. The van der Waals surface area contributed by atoms with Gasteiger partial charge in [-0.05, 0) is 36.8 Å². The van der Waals surface area contributed by atoms with Gasteiger partial charge in [-0.25, -0.2) is 0 Å². The minimum absolute atomic E-state index is 0.190. The van der Waals surface area contributed by atoms with Crippen LogP contribution in [0, 0.1) is 15.5 Å². The van der Waals surface area contributed by atoms with Gasteiger partial charge in [-0.3, -0.25) is 10.1 Å². The molecule has 0 radical (unpaired) electrons. The SMILES string of the molecule is CNc1cccc(N2CCCC(C)(C)CC2)c1[N+](=O)[O-]. The van der Waals surface area contributed by atoms with Gasteiger partial charge >= 0.3 is 5.69 Å². The van der Waals surface area contributed by atoms with Crippen LogP contribution in [0.4, 0.5) is 17.1 Å². The number of para-hydroxylation sites is 1. The molecule has 0 saturated carbocycles. The van der Waals surface area contributed by atoms with Crippen molar-refractivity contribution in [2.75, 3.05) is 30.4 Å². The molecule has 5 nitrogen and oxygen atoms in total. The lowest BCUT2D eigenvalue weighted by Crippen LogP contribution is -2.26. The van der Waals surface area contributed by atoms with E-state index < -0.39 is 0 Å². The molecule has 20 heavy (non-hydrogen) atoms. The van der Waals surface area contributed by atoms with Gasteiger partial charge in [0.2, 0.25) is 0 Å². The monoisotopic (exact) mass is 277 g/mol. The van der Waals surface area contributed by atoms with Crippen LogP contribution < -0.4 is 10.2 Å². The summed E-state index contributed by atoms with van der Waals surface area (Å²) in [6.07, 6.45) is 3.31. The fraction of sp³-hybridized carbons (Fsp3) is 0.600. The average molecular weight is 277 g/mol. The van der Waals surface area contributed by atoms with Crippen LogP contribution in [0.25, 0.3) is 0 Å². The predicted molar refractivity (Wildman–Crippen MR) is 82.5 cm³/mol. The Balaban J connectivity index is 2.35. The van der Waals surface area contributed by atoms with E-state index in [0.29, 0.717) is 11.1 Å². The Hall–Kier alpha value is -1.78. The molecule has 110 valence electrons. The number of rotatable bonds is 3. The summed E-state index contributed by atoms with van der Waals surface area (Å²) in [4.78, 5) is 13.3. The number of nitrogens with one attached hydrogen (secondary N) is 1. The summed E-state index contributed by atoms with van der Waals surface area (Å²) in [6, 6.07) is 5.49. The maximum Gasteiger partial charge on any atom is 0.315 e. The summed E-state index contributed by atoms with van der Waals surface area (Å²) < 4.78 is 0. The van der Waals surface area contributed by atoms with Crippen LogP contribution >= 0.6 is 0 Å². The molecular formula is C15H23N3O2. The Bertz CT molecular complexity index is 500. The number of benzene rings is 1. The minimum Gasteiger partial charge on any atom is -0.382 e. The first-order chi connectivity index (χ1) is 9.44. The van der Waals surface area contributed by atoms with Crippen LogP contribution in [-0.2, 0) is 0 Å². The predicted octanol–water partition coefficient (Wildman–Crippen LogP) is 3.65. The van der Waals surface area contributed by atoms with E-state index in [1.54, 1.807) is 13.1 Å². The number of anilines is 2. The van der Waals surface area contributed by atoms with E-state index in [9.17, 15) is 10.1 Å². The van der Waals surface area contributed by atoms with Gasteiger partial charge in [-0.2, -0.15) is 0 Å². The van der Waals surface area contributed by atoms with Crippen LogP contribution in [-0.4, -0.2) is 25.1 Å². The topological polar surface area (TPSA) is 58.4 Å². The van der Waals surface area contributed by atoms with Crippen molar-refractivity contribution in [1.82, 2.24) is 0 Å². The molecule has 0 bridgehead atoms. The minimum atomic E-state index is -0.281. The molecular weight excluding hydrogens is 254 g/mol. The van der Waals surface area contributed by atoms with Gasteiger partial charge in [0.05, 0.1) is 4.92 Å². The van der Waals surface area contributed by atoms with Crippen LogP contribution in [0.5, 0.6) is 0 Å². The quantitative estimate of drug-likeness (QED) is 0.676. The maximum absolute atomic E-state index is 11.4. The Labute approximate surface area is 120 Å². The summed E-state index contributed by atoms with van der Waals surface area (Å²) in [7, 11) is 1.72. The molecule has 0 aliphatic carbocycles. The van der Waals surface area contributed by atoms with E-state index in [-0.39, 0.29) is 10.6 Å². The molecule has 0 spiro atoms. The number of nitro benzene ring substituents is 1. The summed E-state index contributed by atoms with van der Waals surface area (Å²) in [5, 5.41) is 14.3. The lowest BCUT2D eigenvalue weighted by molar-refractivity contribution is -0.383. The lowest BCUT2D eigenvalue weighted by Gasteiger charge is -2.25. The number of nitro groups is 1. The van der Waals surface area contributed by atoms with Crippen LogP contribution in [0.3, 0.4) is 0 Å². The van der Waals surface area contributed by atoms with Gasteiger partial charge in [0.15, 0.2) is 0 Å². The van der Waals surface area contributed by atoms with Crippen molar-refractivity contribution in [3.05, 3.63) is 28.3 Å². The maximum atomic E-state index is 11.4. The van der Waals surface area contributed by atoms with Crippen LogP contribution in [0.15, 0.2) is 18.2 Å². The fourth-order valence-electron chi connectivity index (χ4n) is 2.84. The summed E-state index contributed by atoms with van der Waals surface area (Å²) in [5.41, 5.74) is 1.83. The molecule has 2 rings (SSSR count). The first-order valence-corrected chi connectivity index (χ1v) is 7.15. The molecule has 1 N–H and O–H groups in total. The molecule has 0 atom stereocenters. The molecule has 0 amide bonds.